The van der Waals surface area contributed by atoms with Crippen molar-refractivity contribution in [1.29, 1.82) is 0 Å². The number of hydrogen-bond donors (Lipinski definition) is 1. The molecule has 0 spiro atoms. The van der Waals surface area contributed by atoms with E-state index < -0.39 is 0 Å². The first-order valence-corrected chi connectivity index (χ1v) is 10.8. The van der Waals surface area contributed by atoms with Gasteiger partial charge in [-0.1, -0.05) is 45.7 Å². The van der Waals surface area contributed by atoms with Gasteiger partial charge in [0.05, 0.1) is 46.2 Å². The summed E-state index contributed by atoms with van der Waals surface area (Å²) in [4.78, 5) is 0. The van der Waals surface area contributed by atoms with E-state index in [4.69, 9.17) is 24.1 Å². The molecule has 2 atom stereocenters. The van der Waals surface area contributed by atoms with E-state index in [1.807, 2.05) is 0 Å². The van der Waals surface area contributed by atoms with Crippen LogP contribution >= 0.6 is 0 Å². The minimum atomic E-state index is 0.0449. The second-order valence-electron chi connectivity index (χ2n) is 7.17. The Labute approximate surface area is 171 Å². The van der Waals surface area contributed by atoms with Crippen molar-refractivity contribution in [2.75, 3.05) is 52.9 Å². The fourth-order valence-corrected chi connectivity index (χ4v) is 2.96. The summed E-state index contributed by atoms with van der Waals surface area (Å²) >= 11 is 0. The molecule has 1 N–H and O–H groups in total. The maximum atomic E-state index is 8.57. The second-order valence-corrected chi connectivity index (χ2v) is 7.17. The lowest BCUT2D eigenvalue weighted by Gasteiger charge is -2.18. The van der Waals surface area contributed by atoms with Gasteiger partial charge in [-0.2, -0.15) is 0 Å². The summed E-state index contributed by atoms with van der Waals surface area (Å²) in [5.41, 5.74) is 1.41. The Bertz CT molecular complexity index is 463. The van der Waals surface area contributed by atoms with Crippen LogP contribution in [0.5, 0.6) is 5.75 Å². The van der Waals surface area contributed by atoms with Crippen LogP contribution in [0.1, 0.15) is 57.9 Å². The Hall–Kier alpha value is -1.14. The summed E-state index contributed by atoms with van der Waals surface area (Å²) in [5, 5.41) is 8.57. The second kappa shape index (κ2) is 16.8. The number of aliphatic hydroxyl groups excluding tert-OH is 1. The summed E-state index contributed by atoms with van der Waals surface area (Å²) < 4.78 is 21.7. The third kappa shape index (κ3) is 11.6. The Balaban J connectivity index is 2.12. The zero-order valence-electron chi connectivity index (χ0n) is 18.0. The van der Waals surface area contributed by atoms with Crippen molar-refractivity contribution in [1.82, 2.24) is 0 Å². The van der Waals surface area contributed by atoms with Gasteiger partial charge >= 0.3 is 0 Å². The maximum absolute atomic E-state index is 8.57. The van der Waals surface area contributed by atoms with Crippen LogP contribution in [0.3, 0.4) is 0 Å². The zero-order chi connectivity index (χ0) is 20.5. The van der Waals surface area contributed by atoms with E-state index >= 15 is 0 Å². The lowest BCUT2D eigenvalue weighted by atomic mass is 9.88. The molecular weight excluding hydrogens is 356 g/mol. The highest BCUT2D eigenvalue weighted by Gasteiger charge is 2.11. The van der Waals surface area contributed by atoms with Gasteiger partial charge in [0.25, 0.3) is 0 Å². The van der Waals surface area contributed by atoms with Crippen molar-refractivity contribution < 1.29 is 24.1 Å². The van der Waals surface area contributed by atoms with Gasteiger partial charge in [0.15, 0.2) is 0 Å². The molecule has 0 amide bonds. The number of ether oxygens (including phenoxy) is 4. The minimum absolute atomic E-state index is 0.0449. The fourth-order valence-electron chi connectivity index (χ4n) is 2.96. The highest BCUT2D eigenvalue weighted by molar-refractivity contribution is 5.29. The molecule has 2 unspecified atom stereocenters. The van der Waals surface area contributed by atoms with Gasteiger partial charge in [-0.25, -0.2) is 0 Å². The average Bonchev–Trinajstić information content (AvgIpc) is 2.73. The molecule has 5 nitrogen and oxygen atoms in total. The predicted molar refractivity (Wildman–Crippen MR) is 113 cm³/mol. The first-order valence-electron chi connectivity index (χ1n) is 10.8. The van der Waals surface area contributed by atoms with Crippen LogP contribution in [0.2, 0.25) is 0 Å². The third-order valence-corrected chi connectivity index (χ3v) is 5.03. The Kier molecular flexibility index (Phi) is 14.9. The summed E-state index contributed by atoms with van der Waals surface area (Å²) in [7, 11) is 0. The maximum Gasteiger partial charge on any atom is 0.119 e. The van der Waals surface area contributed by atoms with Crippen LogP contribution < -0.4 is 4.74 Å². The fraction of sp³-hybridized carbons (Fsp3) is 0.739. The normalized spacial score (nSPS) is 13.4. The summed E-state index contributed by atoms with van der Waals surface area (Å²) in [6.45, 7) is 10.4. The van der Waals surface area contributed by atoms with Crippen LogP contribution in [0, 0.1) is 5.92 Å². The number of aliphatic hydroxyl groups is 1. The SMILES string of the molecule is CCC(C)CCC(CC)c1ccc(OCCOCCOCCOCCO)cc1. The number of hydrogen-bond acceptors (Lipinski definition) is 5. The van der Waals surface area contributed by atoms with E-state index in [9.17, 15) is 0 Å². The highest BCUT2D eigenvalue weighted by atomic mass is 16.6. The Morgan fingerprint density at radius 2 is 1.32 bits per heavy atom. The molecule has 1 rings (SSSR count). The van der Waals surface area contributed by atoms with E-state index in [2.05, 4.69) is 45.0 Å². The highest BCUT2D eigenvalue weighted by Crippen LogP contribution is 2.28. The van der Waals surface area contributed by atoms with Gasteiger partial charge in [0.1, 0.15) is 12.4 Å². The van der Waals surface area contributed by atoms with Crippen molar-refractivity contribution in [2.45, 2.75) is 52.4 Å². The van der Waals surface area contributed by atoms with Crippen molar-refractivity contribution in [3.05, 3.63) is 29.8 Å². The molecule has 0 aliphatic rings. The van der Waals surface area contributed by atoms with Crippen LogP contribution in [0.25, 0.3) is 0 Å². The largest absolute Gasteiger partial charge is 0.491 e. The van der Waals surface area contributed by atoms with Crippen LogP contribution in [-0.2, 0) is 14.2 Å². The van der Waals surface area contributed by atoms with Crippen molar-refractivity contribution in [2.24, 2.45) is 5.92 Å². The van der Waals surface area contributed by atoms with Gasteiger partial charge in [-0.3, -0.25) is 0 Å². The molecule has 0 bridgehead atoms. The molecule has 28 heavy (non-hydrogen) atoms. The summed E-state index contributed by atoms with van der Waals surface area (Å²) in [5.74, 6) is 2.34. The Morgan fingerprint density at radius 1 is 0.750 bits per heavy atom. The molecular formula is C23H40O5. The molecule has 0 saturated carbocycles. The van der Waals surface area contributed by atoms with Crippen LogP contribution in [0.15, 0.2) is 24.3 Å². The molecule has 0 saturated heterocycles. The number of rotatable bonds is 18. The third-order valence-electron chi connectivity index (χ3n) is 5.03. The molecule has 1 aromatic rings. The van der Waals surface area contributed by atoms with E-state index in [0.29, 0.717) is 52.2 Å². The van der Waals surface area contributed by atoms with Crippen molar-refractivity contribution in [3.63, 3.8) is 0 Å². The first-order chi connectivity index (χ1) is 13.7. The van der Waals surface area contributed by atoms with Gasteiger partial charge in [-0.05, 0) is 42.4 Å². The monoisotopic (exact) mass is 396 g/mol. The standard InChI is InChI=1S/C23H40O5/c1-4-20(3)6-7-21(5-2)22-8-10-23(11-9-22)28-19-18-27-17-16-26-15-14-25-13-12-24/h8-11,20-21,24H,4-7,12-19H2,1-3H3. The molecule has 1 aromatic carbocycles. The molecule has 0 aliphatic carbocycles. The first kappa shape index (κ1) is 24.9. The number of benzene rings is 1. The average molecular weight is 397 g/mol. The van der Waals surface area contributed by atoms with Gasteiger partial charge < -0.3 is 24.1 Å². The molecule has 0 radical (unpaired) electrons. The lowest BCUT2D eigenvalue weighted by molar-refractivity contribution is 0.00361. The van der Waals surface area contributed by atoms with Crippen molar-refractivity contribution >= 4 is 0 Å². The Morgan fingerprint density at radius 3 is 1.86 bits per heavy atom. The quantitative estimate of drug-likeness (QED) is 0.372. The van der Waals surface area contributed by atoms with E-state index in [1.54, 1.807) is 0 Å². The molecule has 0 aromatic heterocycles. The van der Waals surface area contributed by atoms with E-state index in [1.165, 1.54) is 31.2 Å². The van der Waals surface area contributed by atoms with Gasteiger partial charge in [-0.15, -0.1) is 0 Å². The van der Waals surface area contributed by atoms with Gasteiger partial charge in [0.2, 0.25) is 0 Å². The zero-order valence-corrected chi connectivity index (χ0v) is 18.0. The lowest BCUT2D eigenvalue weighted by Crippen LogP contribution is -2.13. The molecule has 0 fully saturated rings. The topological polar surface area (TPSA) is 57.2 Å². The smallest absolute Gasteiger partial charge is 0.119 e. The van der Waals surface area contributed by atoms with Crippen molar-refractivity contribution in [3.8, 4) is 5.75 Å². The predicted octanol–water partition coefficient (Wildman–Crippen LogP) is 4.43. The van der Waals surface area contributed by atoms with E-state index in [-0.39, 0.29) is 6.61 Å². The minimum Gasteiger partial charge on any atom is -0.491 e. The summed E-state index contributed by atoms with van der Waals surface area (Å²) in [6, 6.07) is 8.54. The van der Waals surface area contributed by atoms with Crippen LogP contribution in [0.4, 0.5) is 0 Å². The molecule has 162 valence electrons. The molecule has 0 heterocycles. The van der Waals surface area contributed by atoms with Gasteiger partial charge in [0, 0.05) is 0 Å². The summed E-state index contributed by atoms with van der Waals surface area (Å²) in [6.07, 6.45) is 5.00. The van der Waals surface area contributed by atoms with E-state index in [0.717, 1.165) is 11.7 Å². The molecule has 5 heteroatoms. The molecule has 0 aliphatic heterocycles. The van der Waals surface area contributed by atoms with Crippen LogP contribution in [-0.4, -0.2) is 58.0 Å².